The van der Waals surface area contributed by atoms with Crippen molar-refractivity contribution in [2.75, 3.05) is 0 Å². The van der Waals surface area contributed by atoms with Gasteiger partial charge in [0.05, 0.1) is 0 Å². The van der Waals surface area contributed by atoms with E-state index in [1.807, 2.05) is 0 Å². The van der Waals surface area contributed by atoms with Crippen LogP contribution in [-0.4, -0.2) is 38.8 Å². The van der Waals surface area contributed by atoms with Crippen LogP contribution in [0.15, 0.2) is 12.1 Å². The molecule has 20 heavy (non-hydrogen) atoms. The zero-order chi connectivity index (χ0) is 14.7. The average molecular weight is 283 g/mol. The van der Waals surface area contributed by atoms with Gasteiger partial charge in [0.15, 0.2) is 11.9 Å². The van der Waals surface area contributed by atoms with Gasteiger partial charge < -0.3 is 14.9 Å². The van der Waals surface area contributed by atoms with Crippen molar-refractivity contribution in [3.8, 4) is 11.8 Å². The Balaban J connectivity index is 1.97. The Kier molecular flexibility index (Phi) is 3.92. The van der Waals surface area contributed by atoms with Gasteiger partial charge in [0.1, 0.15) is 5.78 Å². The van der Waals surface area contributed by atoms with Gasteiger partial charge in [0.25, 0.3) is 0 Å². The van der Waals surface area contributed by atoms with Crippen molar-refractivity contribution in [3.05, 3.63) is 12.1 Å². The minimum absolute atomic E-state index is 0.0246. The second-order valence-corrected chi connectivity index (χ2v) is 4.34. The first-order chi connectivity index (χ1) is 9.47. The molecule has 1 heterocycles. The third-order valence-corrected chi connectivity index (χ3v) is 2.90. The van der Waals surface area contributed by atoms with Crippen molar-refractivity contribution in [3.63, 3.8) is 0 Å². The zero-order valence-electron chi connectivity index (χ0n) is 10.4. The van der Waals surface area contributed by atoms with Gasteiger partial charge in [0, 0.05) is 31.4 Å². The molecule has 0 aliphatic heterocycles. The molecule has 1 aromatic rings. The predicted octanol–water partition coefficient (Wildman–Crippen LogP) is 0.545. The Labute approximate surface area is 113 Å². The lowest BCUT2D eigenvalue weighted by Crippen LogP contribution is -2.30. The fraction of sp³-hybridized carbons (Fsp3) is 0.417. The summed E-state index contributed by atoms with van der Waals surface area (Å²) in [6.07, 6.45) is -1.86. The lowest BCUT2D eigenvalue weighted by molar-refractivity contribution is -0.129. The first kappa shape index (κ1) is 13.9. The number of hydrogen-bond acceptors (Lipinski definition) is 7. The Morgan fingerprint density at radius 3 is 2.45 bits per heavy atom. The van der Waals surface area contributed by atoms with Crippen LogP contribution >= 0.6 is 0 Å². The predicted molar refractivity (Wildman–Crippen MR) is 63.1 cm³/mol. The molecule has 1 aliphatic carbocycles. The van der Waals surface area contributed by atoms with Crippen LogP contribution in [-0.2, 0) is 14.3 Å². The van der Waals surface area contributed by atoms with Crippen molar-refractivity contribution in [1.82, 2.24) is 4.73 Å². The summed E-state index contributed by atoms with van der Waals surface area (Å²) in [4.78, 5) is 38.9. The molecular formula is C12H13NO7. The number of ether oxygens (including phenoxy) is 1. The number of Topliss-reactive ketones (excluding diaryl/α,β-unsaturated/α-hetero) is 2. The topological polar surface area (TPSA) is 115 Å². The summed E-state index contributed by atoms with van der Waals surface area (Å²) in [5.41, 5.74) is 0. The first-order valence-electron chi connectivity index (χ1n) is 6.00. The molecule has 0 saturated heterocycles. The summed E-state index contributed by atoms with van der Waals surface area (Å²) in [5, 5.41) is 18.6. The summed E-state index contributed by atoms with van der Waals surface area (Å²) < 4.78 is 5.26. The standard InChI is InChI=1S/C12H13NO7/c14-7-1-3-8(15)9(4-2-7)19-12(18)20-13-10(16)5-6-11(13)17/h5-6,9,16-17H,1-4H2. The molecule has 8 nitrogen and oxygen atoms in total. The molecule has 0 bridgehead atoms. The Hall–Kier alpha value is -2.51. The second-order valence-electron chi connectivity index (χ2n) is 4.34. The highest BCUT2D eigenvalue weighted by Crippen LogP contribution is 2.20. The molecule has 1 saturated carbocycles. The van der Waals surface area contributed by atoms with Gasteiger partial charge in [-0.05, 0) is 6.42 Å². The second kappa shape index (κ2) is 5.64. The number of aromatic nitrogens is 1. The quantitative estimate of drug-likeness (QED) is 0.601. The van der Waals surface area contributed by atoms with Gasteiger partial charge in [0.2, 0.25) is 11.8 Å². The molecule has 0 radical (unpaired) electrons. The highest BCUT2D eigenvalue weighted by Gasteiger charge is 2.28. The van der Waals surface area contributed by atoms with Crippen LogP contribution in [0.2, 0.25) is 0 Å². The monoisotopic (exact) mass is 283 g/mol. The van der Waals surface area contributed by atoms with Crippen molar-refractivity contribution < 1.29 is 34.2 Å². The Bertz CT molecular complexity index is 529. The van der Waals surface area contributed by atoms with Crippen LogP contribution in [0.1, 0.15) is 25.7 Å². The van der Waals surface area contributed by atoms with Crippen molar-refractivity contribution in [2.45, 2.75) is 31.8 Å². The van der Waals surface area contributed by atoms with Crippen LogP contribution in [0.25, 0.3) is 0 Å². The third-order valence-electron chi connectivity index (χ3n) is 2.90. The van der Waals surface area contributed by atoms with Crippen LogP contribution in [0.4, 0.5) is 4.79 Å². The van der Waals surface area contributed by atoms with Crippen LogP contribution in [0.5, 0.6) is 11.8 Å². The molecule has 2 N–H and O–H groups in total. The van der Waals surface area contributed by atoms with E-state index < -0.39 is 24.0 Å². The van der Waals surface area contributed by atoms with Crippen LogP contribution in [0.3, 0.4) is 0 Å². The number of carbonyl (C=O) groups is 3. The lowest BCUT2D eigenvalue weighted by Gasteiger charge is -2.14. The van der Waals surface area contributed by atoms with Crippen molar-refractivity contribution in [2.24, 2.45) is 0 Å². The normalized spacial score (nSPS) is 19.5. The fourth-order valence-electron chi connectivity index (χ4n) is 1.83. The van der Waals surface area contributed by atoms with E-state index in [4.69, 9.17) is 4.74 Å². The lowest BCUT2D eigenvalue weighted by atomic mass is 10.1. The van der Waals surface area contributed by atoms with E-state index in [0.717, 1.165) is 12.1 Å². The van der Waals surface area contributed by atoms with E-state index in [-0.39, 0.29) is 37.2 Å². The minimum atomic E-state index is -1.25. The number of aromatic hydroxyl groups is 2. The minimum Gasteiger partial charge on any atom is -0.492 e. The molecule has 0 spiro atoms. The smallest absolute Gasteiger partial charge is 0.492 e. The number of carbonyl (C=O) groups excluding carboxylic acids is 3. The molecule has 0 amide bonds. The van der Waals surface area contributed by atoms with E-state index in [0.29, 0.717) is 4.73 Å². The summed E-state index contributed by atoms with van der Waals surface area (Å²) in [6, 6.07) is 2.22. The summed E-state index contributed by atoms with van der Waals surface area (Å²) in [5.74, 6) is -1.41. The molecular weight excluding hydrogens is 270 g/mol. The summed E-state index contributed by atoms with van der Waals surface area (Å²) in [6.45, 7) is 0. The number of rotatable bonds is 2. The molecule has 1 aliphatic rings. The summed E-state index contributed by atoms with van der Waals surface area (Å²) in [7, 11) is 0. The molecule has 1 fully saturated rings. The average Bonchev–Trinajstić information content (AvgIpc) is 2.62. The maximum absolute atomic E-state index is 11.6. The van der Waals surface area contributed by atoms with Gasteiger partial charge in [-0.2, -0.15) is 0 Å². The van der Waals surface area contributed by atoms with Gasteiger partial charge in [-0.15, -0.1) is 4.73 Å². The van der Waals surface area contributed by atoms with Crippen molar-refractivity contribution >= 4 is 17.7 Å². The van der Waals surface area contributed by atoms with Gasteiger partial charge in [-0.3, -0.25) is 14.4 Å². The highest BCUT2D eigenvalue weighted by molar-refractivity contribution is 5.91. The van der Waals surface area contributed by atoms with Gasteiger partial charge >= 0.3 is 6.16 Å². The van der Waals surface area contributed by atoms with Gasteiger partial charge in [-0.25, -0.2) is 4.79 Å². The van der Waals surface area contributed by atoms with E-state index in [2.05, 4.69) is 4.84 Å². The van der Waals surface area contributed by atoms with E-state index in [1.165, 1.54) is 0 Å². The van der Waals surface area contributed by atoms with E-state index >= 15 is 0 Å². The molecule has 2 rings (SSSR count). The highest BCUT2D eigenvalue weighted by atomic mass is 16.8. The first-order valence-corrected chi connectivity index (χ1v) is 6.00. The fourth-order valence-corrected chi connectivity index (χ4v) is 1.83. The van der Waals surface area contributed by atoms with Gasteiger partial charge in [-0.1, -0.05) is 0 Å². The van der Waals surface area contributed by atoms with E-state index in [9.17, 15) is 24.6 Å². The van der Waals surface area contributed by atoms with E-state index in [1.54, 1.807) is 0 Å². The SMILES string of the molecule is O=C1CCC(=O)C(OC(=O)On2c(O)ccc2O)CC1. The molecule has 0 aromatic carbocycles. The number of ketones is 2. The maximum atomic E-state index is 11.6. The van der Waals surface area contributed by atoms with Crippen molar-refractivity contribution in [1.29, 1.82) is 0 Å². The number of hydrogen-bond donors (Lipinski definition) is 2. The van der Waals surface area contributed by atoms with Crippen LogP contribution in [0, 0.1) is 0 Å². The Morgan fingerprint density at radius 2 is 1.80 bits per heavy atom. The molecule has 1 aromatic heterocycles. The molecule has 1 atom stereocenters. The zero-order valence-corrected chi connectivity index (χ0v) is 10.4. The molecule has 8 heteroatoms. The van der Waals surface area contributed by atoms with Crippen LogP contribution < -0.4 is 4.84 Å². The number of nitrogens with zero attached hydrogens (tertiary/aromatic N) is 1. The molecule has 1 unspecified atom stereocenters. The third kappa shape index (κ3) is 3.08. The maximum Gasteiger partial charge on any atom is 0.534 e. The molecule has 108 valence electrons. The largest absolute Gasteiger partial charge is 0.534 e. The Morgan fingerprint density at radius 1 is 1.15 bits per heavy atom. The summed E-state index contributed by atoms with van der Waals surface area (Å²) >= 11 is 0.